The first-order valence-corrected chi connectivity index (χ1v) is 8.93. The van der Waals surface area contributed by atoms with Crippen LogP contribution in [0.5, 0.6) is 0 Å². The van der Waals surface area contributed by atoms with Gasteiger partial charge in [-0.2, -0.15) is 0 Å². The van der Waals surface area contributed by atoms with Crippen molar-refractivity contribution in [2.75, 3.05) is 7.11 Å². The number of para-hydroxylation sites is 1. The van der Waals surface area contributed by atoms with Crippen LogP contribution in [0.25, 0.3) is 22.4 Å². The highest BCUT2D eigenvalue weighted by atomic mass is 32.2. The van der Waals surface area contributed by atoms with Gasteiger partial charge >= 0.3 is 5.97 Å². The van der Waals surface area contributed by atoms with E-state index in [9.17, 15) is 4.79 Å². The van der Waals surface area contributed by atoms with Gasteiger partial charge in [-0.05, 0) is 23.8 Å². The molecule has 0 radical (unpaired) electrons. The Morgan fingerprint density at radius 1 is 1.19 bits per heavy atom. The fourth-order valence-corrected chi connectivity index (χ4v) is 3.38. The molecule has 0 spiro atoms. The van der Waals surface area contributed by atoms with Crippen LogP contribution >= 0.6 is 11.8 Å². The van der Waals surface area contributed by atoms with Gasteiger partial charge in [0.25, 0.3) is 11.1 Å². The van der Waals surface area contributed by atoms with Gasteiger partial charge in [0.15, 0.2) is 0 Å². The zero-order valence-electron chi connectivity index (χ0n) is 13.9. The molecular weight excluding hydrogens is 350 g/mol. The van der Waals surface area contributed by atoms with Crippen molar-refractivity contribution in [2.24, 2.45) is 0 Å². The number of esters is 1. The van der Waals surface area contributed by atoms with Crippen LogP contribution in [-0.2, 0) is 10.5 Å². The number of aromatic amines is 1. The maximum absolute atomic E-state index is 11.6. The summed E-state index contributed by atoms with van der Waals surface area (Å²) in [6.07, 6.45) is 1.87. The SMILES string of the molecule is COC(=O)c1cccc(CSc2nnc(-c3c[nH]c4ccccc34)o2)c1. The van der Waals surface area contributed by atoms with Crippen LogP contribution in [0.2, 0.25) is 0 Å². The van der Waals surface area contributed by atoms with E-state index in [2.05, 4.69) is 15.2 Å². The third-order valence-corrected chi connectivity index (χ3v) is 4.83. The zero-order valence-corrected chi connectivity index (χ0v) is 14.7. The van der Waals surface area contributed by atoms with E-state index in [1.54, 1.807) is 12.1 Å². The highest BCUT2D eigenvalue weighted by Gasteiger charge is 2.14. The van der Waals surface area contributed by atoms with Crippen LogP contribution in [-0.4, -0.2) is 28.3 Å². The molecule has 2 heterocycles. The molecule has 2 aromatic carbocycles. The monoisotopic (exact) mass is 365 g/mol. The summed E-state index contributed by atoms with van der Waals surface area (Å²) < 4.78 is 10.5. The molecule has 7 heteroatoms. The minimum absolute atomic E-state index is 0.351. The molecule has 4 aromatic rings. The largest absolute Gasteiger partial charge is 0.465 e. The third-order valence-electron chi connectivity index (χ3n) is 3.94. The summed E-state index contributed by atoms with van der Waals surface area (Å²) in [6.45, 7) is 0. The topological polar surface area (TPSA) is 81.0 Å². The zero-order chi connectivity index (χ0) is 17.9. The number of methoxy groups -OCH3 is 1. The minimum Gasteiger partial charge on any atom is -0.465 e. The van der Waals surface area contributed by atoms with Crippen molar-refractivity contribution in [3.63, 3.8) is 0 Å². The van der Waals surface area contributed by atoms with Crippen LogP contribution in [0.1, 0.15) is 15.9 Å². The lowest BCUT2D eigenvalue weighted by molar-refractivity contribution is 0.0600. The number of benzene rings is 2. The van der Waals surface area contributed by atoms with E-state index in [0.29, 0.717) is 22.4 Å². The van der Waals surface area contributed by atoms with Crippen molar-refractivity contribution in [3.05, 3.63) is 65.9 Å². The molecule has 0 bridgehead atoms. The van der Waals surface area contributed by atoms with Crippen LogP contribution < -0.4 is 0 Å². The number of hydrogen-bond acceptors (Lipinski definition) is 6. The van der Waals surface area contributed by atoms with Crippen LogP contribution in [0.15, 0.2) is 64.4 Å². The highest BCUT2D eigenvalue weighted by Crippen LogP contribution is 2.30. The molecule has 6 nitrogen and oxygen atoms in total. The van der Waals surface area contributed by atoms with Gasteiger partial charge < -0.3 is 14.1 Å². The summed E-state index contributed by atoms with van der Waals surface area (Å²) in [7, 11) is 1.37. The molecule has 130 valence electrons. The first kappa shape index (κ1) is 16.4. The number of H-pyrrole nitrogens is 1. The lowest BCUT2D eigenvalue weighted by Crippen LogP contribution is -2.01. The molecule has 0 unspecified atom stereocenters. The predicted molar refractivity (Wildman–Crippen MR) is 98.9 cm³/mol. The van der Waals surface area contributed by atoms with E-state index in [0.717, 1.165) is 22.0 Å². The standard InChI is InChI=1S/C19H15N3O3S/c1-24-18(23)13-6-4-5-12(9-13)11-26-19-22-21-17(25-19)15-10-20-16-8-3-2-7-14(15)16/h2-10,20H,11H2,1H3. The van der Waals surface area contributed by atoms with Gasteiger partial charge in [0.2, 0.25) is 0 Å². The van der Waals surface area contributed by atoms with Crippen molar-refractivity contribution in [3.8, 4) is 11.5 Å². The molecule has 0 fully saturated rings. The van der Waals surface area contributed by atoms with E-state index >= 15 is 0 Å². The average Bonchev–Trinajstić information content (AvgIpc) is 3.32. The summed E-state index contributed by atoms with van der Waals surface area (Å²) >= 11 is 1.42. The number of fused-ring (bicyclic) bond motifs is 1. The Labute approximate surface area is 153 Å². The van der Waals surface area contributed by atoms with Gasteiger partial charge in [0, 0.05) is 22.9 Å². The fraction of sp³-hybridized carbons (Fsp3) is 0.105. The molecule has 0 saturated carbocycles. The maximum atomic E-state index is 11.6. The minimum atomic E-state index is -0.351. The van der Waals surface area contributed by atoms with Gasteiger partial charge in [-0.1, -0.05) is 42.1 Å². The van der Waals surface area contributed by atoms with Gasteiger partial charge in [-0.3, -0.25) is 0 Å². The van der Waals surface area contributed by atoms with E-state index < -0.39 is 0 Å². The summed E-state index contributed by atoms with van der Waals surface area (Å²) in [5.41, 5.74) is 3.41. The number of aromatic nitrogens is 3. The lowest BCUT2D eigenvalue weighted by atomic mass is 10.1. The smallest absolute Gasteiger partial charge is 0.337 e. The number of hydrogen-bond donors (Lipinski definition) is 1. The predicted octanol–water partition coefficient (Wildman–Crippen LogP) is 4.30. The molecule has 2 aromatic heterocycles. The maximum Gasteiger partial charge on any atom is 0.337 e. The van der Waals surface area contributed by atoms with E-state index in [1.807, 2.05) is 42.6 Å². The number of carbonyl (C=O) groups excluding carboxylic acids is 1. The second-order valence-corrected chi connectivity index (χ2v) is 6.53. The molecule has 0 aliphatic rings. The number of ether oxygens (including phenoxy) is 1. The first-order chi connectivity index (χ1) is 12.7. The van der Waals surface area contributed by atoms with E-state index in [1.165, 1.54) is 18.9 Å². The molecular formula is C19H15N3O3S. The Morgan fingerprint density at radius 3 is 2.96 bits per heavy atom. The highest BCUT2D eigenvalue weighted by molar-refractivity contribution is 7.98. The molecule has 0 amide bonds. The molecule has 0 saturated heterocycles. The second-order valence-electron chi connectivity index (χ2n) is 5.60. The van der Waals surface area contributed by atoms with E-state index in [4.69, 9.17) is 9.15 Å². The quantitative estimate of drug-likeness (QED) is 0.419. The van der Waals surface area contributed by atoms with Crippen molar-refractivity contribution >= 4 is 28.6 Å². The summed E-state index contributed by atoms with van der Waals surface area (Å²) in [5, 5.41) is 9.78. The van der Waals surface area contributed by atoms with Crippen molar-refractivity contribution in [1.82, 2.24) is 15.2 Å². The number of nitrogens with one attached hydrogen (secondary N) is 1. The second kappa shape index (κ2) is 7.05. The average molecular weight is 365 g/mol. The van der Waals surface area contributed by atoms with Gasteiger partial charge in [0.1, 0.15) is 0 Å². The van der Waals surface area contributed by atoms with E-state index in [-0.39, 0.29) is 5.97 Å². The van der Waals surface area contributed by atoms with Gasteiger partial charge in [0.05, 0.1) is 18.2 Å². The summed E-state index contributed by atoms with van der Waals surface area (Å²) in [5.74, 6) is 0.741. The van der Waals surface area contributed by atoms with Gasteiger partial charge in [-0.15, -0.1) is 10.2 Å². The molecule has 0 aliphatic carbocycles. The Hall–Kier alpha value is -3.06. The van der Waals surface area contributed by atoms with Crippen LogP contribution in [0.3, 0.4) is 0 Å². The summed E-state index contributed by atoms with van der Waals surface area (Å²) in [4.78, 5) is 14.8. The number of nitrogens with zero attached hydrogens (tertiary/aromatic N) is 2. The fourth-order valence-electron chi connectivity index (χ4n) is 2.68. The first-order valence-electron chi connectivity index (χ1n) is 7.94. The number of thioether (sulfide) groups is 1. The molecule has 0 atom stereocenters. The number of carbonyl (C=O) groups is 1. The van der Waals surface area contributed by atoms with Crippen molar-refractivity contribution in [2.45, 2.75) is 11.0 Å². The van der Waals surface area contributed by atoms with Crippen molar-refractivity contribution < 1.29 is 13.9 Å². The third kappa shape index (κ3) is 3.21. The normalized spacial score (nSPS) is 11.0. The Balaban J connectivity index is 1.50. The molecule has 26 heavy (non-hydrogen) atoms. The van der Waals surface area contributed by atoms with Crippen LogP contribution in [0, 0.1) is 0 Å². The summed E-state index contributed by atoms with van der Waals surface area (Å²) in [6, 6.07) is 15.2. The Morgan fingerprint density at radius 2 is 2.08 bits per heavy atom. The van der Waals surface area contributed by atoms with Gasteiger partial charge in [-0.25, -0.2) is 4.79 Å². The molecule has 4 rings (SSSR count). The number of rotatable bonds is 5. The van der Waals surface area contributed by atoms with Crippen LogP contribution in [0.4, 0.5) is 0 Å². The molecule has 1 N–H and O–H groups in total. The lowest BCUT2D eigenvalue weighted by Gasteiger charge is -2.02. The molecule has 0 aliphatic heterocycles. The Bertz CT molecular complexity index is 1070. The van der Waals surface area contributed by atoms with Crippen molar-refractivity contribution in [1.29, 1.82) is 0 Å². The Kier molecular flexibility index (Phi) is 4.45.